The minimum atomic E-state index is -1.08. The number of carbonyl (C=O) groups is 2. The van der Waals surface area contributed by atoms with Crippen LogP contribution in [-0.4, -0.2) is 22.3 Å². The number of aliphatic hydroxyl groups is 1. The van der Waals surface area contributed by atoms with Crippen molar-refractivity contribution in [3.8, 4) is 0 Å². The molecule has 0 bridgehead atoms. The second-order valence-electron chi connectivity index (χ2n) is 5.47. The molecule has 1 aliphatic rings. The Labute approximate surface area is 96.5 Å². The minimum Gasteiger partial charge on any atom is -0.385 e. The van der Waals surface area contributed by atoms with Gasteiger partial charge in [-0.25, -0.2) is 0 Å². The highest BCUT2D eigenvalue weighted by atomic mass is 16.3. The molecule has 0 aliphatic heterocycles. The van der Waals surface area contributed by atoms with Crippen LogP contribution in [0.15, 0.2) is 12.2 Å². The van der Waals surface area contributed by atoms with Crippen LogP contribution in [0.25, 0.3) is 0 Å². The first-order valence-electron chi connectivity index (χ1n) is 5.63. The lowest BCUT2D eigenvalue weighted by atomic mass is 9.60. The molecule has 0 aromatic carbocycles. The van der Waals surface area contributed by atoms with E-state index in [2.05, 4.69) is 0 Å². The Morgan fingerprint density at radius 3 is 2.50 bits per heavy atom. The molecule has 1 N–H and O–H groups in total. The molecule has 0 radical (unpaired) electrons. The van der Waals surface area contributed by atoms with E-state index < -0.39 is 11.0 Å². The largest absolute Gasteiger partial charge is 0.385 e. The molecule has 0 heterocycles. The van der Waals surface area contributed by atoms with Gasteiger partial charge in [0.05, 0.1) is 5.60 Å². The van der Waals surface area contributed by atoms with Gasteiger partial charge in [-0.15, -0.1) is 0 Å². The number of allylic oxidation sites excluding steroid dienone is 1. The molecule has 0 amide bonds. The van der Waals surface area contributed by atoms with Crippen LogP contribution in [0.5, 0.6) is 0 Å². The summed E-state index contributed by atoms with van der Waals surface area (Å²) in [6, 6.07) is 0. The monoisotopic (exact) mass is 224 g/mol. The molecule has 2 unspecified atom stereocenters. The van der Waals surface area contributed by atoms with E-state index in [0.29, 0.717) is 12.8 Å². The maximum absolute atomic E-state index is 11.5. The summed E-state index contributed by atoms with van der Waals surface area (Å²) in [5.74, 6) is -0.0638. The van der Waals surface area contributed by atoms with Crippen molar-refractivity contribution in [1.82, 2.24) is 0 Å². The first kappa shape index (κ1) is 13.1. The van der Waals surface area contributed by atoms with Crippen molar-refractivity contribution in [2.24, 2.45) is 11.3 Å². The lowest BCUT2D eigenvalue weighted by molar-refractivity contribution is -0.142. The van der Waals surface area contributed by atoms with E-state index in [0.717, 1.165) is 0 Å². The van der Waals surface area contributed by atoms with Gasteiger partial charge in [-0.2, -0.15) is 0 Å². The summed E-state index contributed by atoms with van der Waals surface area (Å²) in [7, 11) is 0. The smallest absolute Gasteiger partial charge is 0.152 e. The van der Waals surface area contributed by atoms with E-state index in [1.54, 1.807) is 6.08 Å². The summed E-state index contributed by atoms with van der Waals surface area (Å²) in [6.07, 6.45) is 3.69. The molecule has 0 aromatic heterocycles. The third-order valence-electron chi connectivity index (χ3n) is 3.58. The molecule has 1 rings (SSSR count). The van der Waals surface area contributed by atoms with E-state index in [1.807, 2.05) is 20.8 Å². The van der Waals surface area contributed by atoms with Crippen molar-refractivity contribution in [2.45, 2.75) is 46.1 Å². The number of ketones is 2. The second kappa shape index (κ2) is 4.13. The van der Waals surface area contributed by atoms with Crippen LogP contribution < -0.4 is 0 Å². The number of hydrogen-bond acceptors (Lipinski definition) is 3. The van der Waals surface area contributed by atoms with Crippen LogP contribution in [0.3, 0.4) is 0 Å². The van der Waals surface area contributed by atoms with Gasteiger partial charge in [-0.1, -0.05) is 20.8 Å². The summed E-state index contributed by atoms with van der Waals surface area (Å²) in [5.41, 5.74) is -1.60. The van der Waals surface area contributed by atoms with Crippen molar-refractivity contribution in [1.29, 1.82) is 0 Å². The third kappa shape index (κ3) is 2.24. The maximum Gasteiger partial charge on any atom is 0.152 e. The highest BCUT2D eigenvalue weighted by Gasteiger charge is 2.50. The molecular formula is C13H20O3. The molecule has 16 heavy (non-hydrogen) atoms. The van der Waals surface area contributed by atoms with Crippen LogP contribution in [0.1, 0.15) is 40.5 Å². The lowest BCUT2D eigenvalue weighted by Gasteiger charge is -2.48. The van der Waals surface area contributed by atoms with Crippen molar-refractivity contribution < 1.29 is 14.7 Å². The number of carbonyl (C=O) groups excluding carboxylic acids is 2. The molecule has 1 saturated carbocycles. The Hall–Kier alpha value is -0.960. The zero-order valence-electron chi connectivity index (χ0n) is 10.4. The van der Waals surface area contributed by atoms with Crippen molar-refractivity contribution in [2.75, 3.05) is 0 Å². The average molecular weight is 224 g/mol. The van der Waals surface area contributed by atoms with Crippen LogP contribution in [-0.2, 0) is 9.59 Å². The molecule has 1 aliphatic carbocycles. The highest BCUT2D eigenvalue weighted by Crippen LogP contribution is 2.46. The van der Waals surface area contributed by atoms with Crippen molar-refractivity contribution in [3.63, 3.8) is 0 Å². The topological polar surface area (TPSA) is 54.4 Å². The number of hydrogen-bond donors (Lipinski definition) is 1. The summed E-state index contributed by atoms with van der Waals surface area (Å²) >= 11 is 0. The molecule has 0 aromatic rings. The van der Waals surface area contributed by atoms with Crippen LogP contribution in [0, 0.1) is 11.3 Å². The summed E-state index contributed by atoms with van der Waals surface area (Å²) < 4.78 is 0. The molecule has 2 atom stereocenters. The zero-order valence-corrected chi connectivity index (χ0v) is 10.4. The fraction of sp³-hybridized carbons (Fsp3) is 0.692. The van der Waals surface area contributed by atoms with E-state index in [9.17, 15) is 14.7 Å². The predicted molar refractivity (Wildman–Crippen MR) is 62.0 cm³/mol. The Morgan fingerprint density at radius 1 is 1.50 bits per heavy atom. The quantitative estimate of drug-likeness (QED) is 0.729. The second-order valence-corrected chi connectivity index (χ2v) is 5.47. The van der Waals surface area contributed by atoms with Gasteiger partial charge in [0.1, 0.15) is 5.78 Å². The zero-order chi connectivity index (χ0) is 12.6. The molecular weight excluding hydrogens is 204 g/mol. The standard InChI is InChI=1S/C13H20O3/c1-9-7-11(15)8-12(3,4)13(9,16)6-5-10(2)14/h5-6,9,16H,7-8H2,1-4H3. The predicted octanol–water partition coefficient (Wildman–Crippen LogP) is 1.89. The summed E-state index contributed by atoms with van der Waals surface area (Å²) in [6.45, 7) is 7.03. The van der Waals surface area contributed by atoms with Crippen LogP contribution in [0.4, 0.5) is 0 Å². The van der Waals surface area contributed by atoms with Gasteiger partial charge in [0, 0.05) is 18.3 Å². The van der Waals surface area contributed by atoms with Crippen molar-refractivity contribution >= 4 is 11.6 Å². The highest BCUT2D eigenvalue weighted by molar-refractivity contribution is 5.87. The minimum absolute atomic E-state index is 0.0895. The van der Waals surface area contributed by atoms with Gasteiger partial charge < -0.3 is 5.11 Å². The first-order chi connectivity index (χ1) is 7.19. The molecule has 3 nitrogen and oxygen atoms in total. The van der Waals surface area contributed by atoms with Gasteiger partial charge in [-0.05, 0) is 25.0 Å². The van der Waals surface area contributed by atoms with Gasteiger partial charge >= 0.3 is 0 Å². The van der Waals surface area contributed by atoms with Crippen molar-refractivity contribution in [3.05, 3.63) is 12.2 Å². The van der Waals surface area contributed by atoms with Gasteiger partial charge in [0.15, 0.2) is 5.78 Å². The maximum atomic E-state index is 11.5. The Balaban J connectivity index is 3.07. The fourth-order valence-electron chi connectivity index (χ4n) is 2.51. The van der Waals surface area contributed by atoms with Gasteiger partial charge in [0.25, 0.3) is 0 Å². The molecule has 0 spiro atoms. The Bertz CT molecular complexity index is 341. The molecule has 1 fully saturated rings. The van der Waals surface area contributed by atoms with E-state index >= 15 is 0 Å². The summed E-state index contributed by atoms with van der Waals surface area (Å²) in [4.78, 5) is 22.5. The molecule has 0 saturated heterocycles. The average Bonchev–Trinajstić information content (AvgIpc) is 2.10. The SMILES string of the molecule is CC(=O)C=CC1(O)C(C)CC(=O)CC1(C)C. The number of rotatable bonds is 2. The Kier molecular flexibility index (Phi) is 3.38. The van der Waals surface area contributed by atoms with Crippen LogP contribution in [0.2, 0.25) is 0 Å². The van der Waals surface area contributed by atoms with Crippen LogP contribution >= 0.6 is 0 Å². The number of Topliss-reactive ketones (excluding diaryl/α,β-unsaturated/α-hetero) is 1. The van der Waals surface area contributed by atoms with E-state index in [-0.39, 0.29) is 17.5 Å². The lowest BCUT2D eigenvalue weighted by Crippen LogP contribution is -2.53. The van der Waals surface area contributed by atoms with E-state index in [1.165, 1.54) is 13.0 Å². The normalized spacial score (nSPS) is 34.3. The fourth-order valence-corrected chi connectivity index (χ4v) is 2.51. The van der Waals surface area contributed by atoms with Gasteiger partial charge in [0.2, 0.25) is 0 Å². The Morgan fingerprint density at radius 2 is 2.06 bits per heavy atom. The first-order valence-corrected chi connectivity index (χ1v) is 5.63. The third-order valence-corrected chi connectivity index (χ3v) is 3.58. The molecule has 3 heteroatoms. The molecule has 90 valence electrons. The van der Waals surface area contributed by atoms with E-state index in [4.69, 9.17) is 0 Å². The van der Waals surface area contributed by atoms with Gasteiger partial charge in [-0.3, -0.25) is 9.59 Å². The summed E-state index contributed by atoms with van der Waals surface area (Å²) in [5, 5.41) is 10.6.